The fourth-order valence-corrected chi connectivity index (χ4v) is 2.91. The minimum atomic E-state index is -1.21. The van der Waals surface area contributed by atoms with Crippen LogP contribution in [0.2, 0.25) is 0 Å². The number of halogens is 1. The fourth-order valence-electron chi connectivity index (χ4n) is 2.46. The van der Waals surface area contributed by atoms with Gasteiger partial charge in [-0.25, -0.2) is 4.79 Å². The molecule has 0 saturated heterocycles. The molecular formula is C17H12BrNO3. The number of nitrogens with zero attached hydrogens (tertiary/aromatic N) is 1. The maximum Gasteiger partial charge on any atom is 0.341 e. The van der Waals surface area contributed by atoms with Crippen LogP contribution in [0.3, 0.4) is 0 Å². The number of para-hydroxylation sites is 1. The summed E-state index contributed by atoms with van der Waals surface area (Å²) in [5, 5.41) is 9.65. The Morgan fingerprint density at radius 1 is 1.14 bits per heavy atom. The molecular weight excluding hydrogens is 346 g/mol. The molecule has 0 aliphatic heterocycles. The van der Waals surface area contributed by atoms with Gasteiger partial charge in [-0.15, -0.1) is 0 Å². The van der Waals surface area contributed by atoms with Crippen LogP contribution in [0, 0.1) is 0 Å². The van der Waals surface area contributed by atoms with Crippen molar-refractivity contribution < 1.29 is 9.90 Å². The van der Waals surface area contributed by atoms with E-state index in [1.807, 2.05) is 36.4 Å². The topological polar surface area (TPSA) is 59.3 Å². The lowest BCUT2D eigenvalue weighted by Gasteiger charge is -2.12. The van der Waals surface area contributed by atoms with Gasteiger partial charge in [0, 0.05) is 22.6 Å². The van der Waals surface area contributed by atoms with Crippen LogP contribution in [0.1, 0.15) is 15.9 Å². The number of hydrogen-bond acceptors (Lipinski definition) is 2. The molecule has 0 radical (unpaired) electrons. The number of benzene rings is 2. The molecule has 0 amide bonds. The van der Waals surface area contributed by atoms with Crippen molar-refractivity contribution in [2.75, 3.05) is 0 Å². The van der Waals surface area contributed by atoms with Crippen LogP contribution in [-0.2, 0) is 6.54 Å². The Balaban J connectivity index is 2.22. The Morgan fingerprint density at radius 2 is 1.91 bits per heavy atom. The Kier molecular flexibility index (Phi) is 3.81. The van der Waals surface area contributed by atoms with Gasteiger partial charge in [-0.2, -0.15) is 0 Å². The molecule has 0 atom stereocenters. The number of pyridine rings is 1. The highest BCUT2D eigenvalue weighted by Gasteiger charge is 2.14. The van der Waals surface area contributed by atoms with Gasteiger partial charge in [0.25, 0.3) is 0 Å². The Bertz CT molecular complexity index is 931. The van der Waals surface area contributed by atoms with Gasteiger partial charge in [0.2, 0.25) is 5.43 Å². The minimum absolute atomic E-state index is 0.214. The van der Waals surface area contributed by atoms with Crippen LogP contribution in [0.5, 0.6) is 0 Å². The van der Waals surface area contributed by atoms with E-state index >= 15 is 0 Å². The molecule has 0 bridgehead atoms. The van der Waals surface area contributed by atoms with Crippen molar-refractivity contribution in [2.45, 2.75) is 6.54 Å². The molecule has 22 heavy (non-hydrogen) atoms. The third kappa shape index (κ3) is 2.67. The summed E-state index contributed by atoms with van der Waals surface area (Å²) in [5.41, 5.74) is 1.07. The maximum absolute atomic E-state index is 12.2. The van der Waals surface area contributed by atoms with Crippen LogP contribution < -0.4 is 5.43 Å². The number of fused-ring (bicyclic) bond motifs is 1. The summed E-state index contributed by atoms with van der Waals surface area (Å²) >= 11 is 3.42. The summed E-state index contributed by atoms with van der Waals surface area (Å²) in [6.07, 6.45) is 1.41. The predicted octanol–water partition coefficient (Wildman–Crippen LogP) is 3.51. The van der Waals surface area contributed by atoms with Crippen molar-refractivity contribution in [3.8, 4) is 0 Å². The number of carboxylic acid groups (broad SMARTS) is 1. The highest BCUT2D eigenvalue weighted by molar-refractivity contribution is 9.10. The average Bonchev–Trinajstić information content (AvgIpc) is 2.50. The van der Waals surface area contributed by atoms with E-state index in [1.54, 1.807) is 16.7 Å². The van der Waals surface area contributed by atoms with E-state index in [4.69, 9.17) is 0 Å². The molecule has 0 aliphatic carbocycles. The molecule has 1 aromatic heterocycles. The first-order chi connectivity index (χ1) is 10.6. The lowest BCUT2D eigenvalue weighted by molar-refractivity contribution is 0.0695. The van der Waals surface area contributed by atoms with Gasteiger partial charge in [0.05, 0.1) is 5.52 Å². The summed E-state index contributed by atoms with van der Waals surface area (Å²) in [6.45, 7) is 0.487. The molecule has 5 heteroatoms. The summed E-state index contributed by atoms with van der Waals surface area (Å²) in [6, 6.07) is 14.8. The monoisotopic (exact) mass is 357 g/mol. The van der Waals surface area contributed by atoms with Crippen molar-refractivity contribution in [3.63, 3.8) is 0 Å². The van der Waals surface area contributed by atoms with Crippen LogP contribution in [-0.4, -0.2) is 15.6 Å². The van der Waals surface area contributed by atoms with Gasteiger partial charge in [0.15, 0.2) is 0 Å². The number of aromatic nitrogens is 1. The van der Waals surface area contributed by atoms with Crippen LogP contribution in [0.15, 0.2) is 64.0 Å². The van der Waals surface area contributed by atoms with E-state index in [2.05, 4.69) is 15.9 Å². The molecule has 0 aliphatic rings. The van der Waals surface area contributed by atoms with Gasteiger partial charge in [0.1, 0.15) is 5.56 Å². The molecule has 0 saturated carbocycles. The normalized spacial score (nSPS) is 10.8. The Morgan fingerprint density at radius 3 is 2.64 bits per heavy atom. The van der Waals surface area contributed by atoms with Crippen molar-refractivity contribution in [1.29, 1.82) is 0 Å². The second-order valence-corrected chi connectivity index (χ2v) is 5.87. The Labute approximate surface area is 134 Å². The predicted molar refractivity (Wildman–Crippen MR) is 88.4 cm³/mol. The van der Waals surface area contributed by atoms with Gasteiger partial charge in [-0.1, -0.05) is 40.2 Å². The second kappa shape index (κ2) is 5.77. The zero-order valence-corrected chi connectivity index (χ0v) is 13.1. The number of hydrogen-bond donors (Lipinski definition) is 1. The van der Waals surface area contributed by atoms with Gasteiger partial charge in [-0.3, -0.25) is 4.79 Å². The zero-order valence-electron chi connectivity index (χ0n) is 11.5. The molecule has 1 N–H and O–H groups in total. The zero-order chi connectivity index (χ0) is 15.7. The van der Waals surface area contributed by atoms with Gasteiger partial charge < -0.3 is 9.67 Å². The molecule has 3 aromatic rings. The van der Waals surface area contributed by atoms with Crippen molar-refractivity contribution >= 4 is 32.8 Å². The SMILES string of the molecule is O=C(O)c1cn(Cc2cccc(Br)c2)c2ccccc2c1=O. The molecule has 110 valence electrons. The van der Waals surface area contributed by atoms with E-state index in [9.17, 15) is 14.7 Å². The maximum atomic E-state index is 12.2. The summed E-state index contributed by atoms with van der Waals surface area (Å²) in [4.78, 5) is 23.5. The quantitative estimate of drug-likeness (QED) is 0.780. The summed E-state index contributed by atoms with van der Waals surface area (Å²) in [7, 11) is 0. The highest BCUT2D eigenvalue weighted by atomic mass is 79.9. The highest BCUT2D eigenvalue weighted by Crippen LogP contribution is 2.17. The Hall–Kier alpha value is -2.40. The largest absolute Gasteiger partial charge is 0.477 e. The van der Waals surface area contributed by atoms with E-state index in [1.165, 1.54) is 6.20 Å². The van der Waals surface area contributed by atoms with E-state index in [0.717, 1.165) is 15.6 Å². The lowest BCUT2D eigenvalue weighted by Crippen LogP contribution is -2.19. The van der Waals surface area contributed by atoms with Crippen molar-refractivity contribution in [2.24, 2.45) is 0 Å². The summed E-state index contributed by atoms with van der Waals surface area (Å²) in [5.74, 6) is -1.21. The first kappa shape index (κ1) is 14.5. The number of aromatic carboxylic acids is 1. The third-order valence-corrected chi connectivity index (χ3v) is 3.95. The standard InChI is InChI=1S/C17H12BrNO3/c18-12-5-3-4-11(8-12)9-19-10-14(17(21)22)16(20)13-6-1-2-7-15(13)19/h1-8,10H,9H2,(H,21,22). The third-order valence-electron chi connectivity index (χ3n) is 3.46. The fraction of sp³-hybridized carbons (Fsp3) is 0.0588. The smallest absolute Gasteiger partial charge is 0.341 e. The van der Waals surface area contributed by atoms with Crippen LogP contribution >= 0.6 is 15.9 Å². The van der Waals surface area contributed by atoms with E-state index in [-0.39, 0.29) is 5.56 Å². The average molecular weight is 358 g/mol. The second-order valence-electron chi connectivity index (χ2n) is 4.95. The van der Waals surface area contributed by atoms with Gasteiger partial charge in [-0.05, 0) is 29.8 Å². The van der Waals surface area contributed by atoms with Crippen LogP contribution in [0.25, 0.3) is 10.9 Å². The lowest BCUT2D eigenvalue weighted by atomic mass is 10.1. The molecule has 2 aromatic carbocycles. The minimum Gasteiger partial charge on any atom is -0.477 e. The number of rotatable bonds is 3. The molecule has 0 unspecified atom stereocenters. The van der Waals surface area contributed by atoms with Crippen LogP contribution in [0.4, 0.5) is 0 Å². The van der Waals surface area contributed by atoms with Crippen molar-refractivity contribution in [1.82, 2.24) is 4.57 Å². The molecule has 1 heterocycles. The van der Waals surface area contributed by atoms with Crippen molar-refractivity contribution in [3.05, 3.63) is 80.6 Å². The number of carboxylic acids is 1. The molecule has 0 spiro atoms. The first-order valence-electron chi connectivity index (χ1n) is 6.66. The first-order valence-corrected chi connectivity index (χ1v) is 7.45. The van der Waals surface area contributed by atoms with E-state index in [0.29, 0.717) is 11.9 Å². The molecule has 0 fully saturated rings. The number of carbonyl (C=O) groups is 1. The molecule has 3 rings (SSSR count). The summed E-state index contributed by atoms with van der Waals surface area (Å²) < 4.78 is 2.75. The van der Waals surface area contributed by atoms with Gasteiger partial charge >= 0.3 is 5.97 Å². The molecule has 4 nitrogen and oxygen atoms in total. The van der Waals surface area contributed by atoms with E-state index < -0.39 is 11.4 Å².